The Morgan fingerprint density at radius 1 is 1.50 bits per heavy atom. The van der Waals surface area contributed by atoms with Gasteiger partial charge in [0.15, 0.2) is 0 Å². The first-order chi connectivity index (χ1) is 9.65. The minimum absolute atomic E-state index is 0.0840. The number of halogens is 2. The van der Waals surface area contributed by atoms with Crippen LogP contribution in [0.25, 0.3) is 0 Å². The number of hydrogen-bond donors (Lipinski definition) is 2. The van der Waals surface area contributed by atoms with E-state index < -0.39 is 0 Å². The van der Waals surface area contributed by atoms with Crippen LogP contribution in [-0.4, -0.2) is 25.0 Å². The Bertz CT molecular complexity index is 461. The van der Waals surface area contributed by atoms with Crippen molar-refractivity contribution in [3.63, 3.8) is 0 Å². The van der Waals surface area contributed by atoms with E-state index in [4.69, 9.17) is 0 Å². The van der Waals surface area contributed by atoms with Crippen molar-refractivity contribution in [2.24, 2.45) is 0 Å². The number of amides is 1. The summed E-state index contributed by atoms with van der Waals surface area (Å²) in [5.74, 6) is -0.110. The molecule has 1 unspecified atom stereocenters. The molecule has 0 spiro atoms. The number of carbonyl (C=O) groups is 1. The van der Waals surface area contributed by atoms with Crippen molar-refractivity contribution in [1.82, 2.24) is 10.6 Å². The smallest absolute Gasteiger partial charge is 0.221 e. The first kappa shape index (κ1) is 15.4. The quantitative estimate of drug-likeness (QED) is 0.780. The Labute approximate surface area is 127 Å². The van der Waals surface area contributed by atoms with Gasteiger partial charge in [-0.15, -0.1) is 0 Å². The fourth-order valence-electron chi connectivity index (χ4n) is 2.46. The molecule has 0 radical (unpaired) electrons. The fraction of sp³-hybridized carbons (Fsp3) is 0.533. The van der Waals surface area contributed by atoms with E-state index in [0.29, 0.717) is 31.0 Å². The highest BCUT2D eigenvalue weighted by molar-refractivity contribution is 9.10. The van der Waals surface area contributed by atoms with Crippen LogP contribution in [0.5, 0.6) is 0 Å². The van der Waals surface area contributed by atoms with Gasteiger partial charge in [-0.05, 0) is 49.9 Å². The van der Waals surface area contributed by atoms with Crippen LogP contribution in [0.4, 0.5) is 4.39 Å². The molecular weight excluding hydrogens is 323 g/mol. The first-order valence-electron chi connectivity index (χ1n) is 7.09. The Morgan fingerprint density at radius 2 is 2.35 bits per heavy atom. The number of hydrogen-bond acceptors (Lipinski definition) is 2. The van der Waals surface area contributed by atoms with Crippen LogP contribution in [0.3, 0.4) is 0 Å². The van der Waals surface area contributed by atoms with Gasteiger partial charge in [0.1, 0.15) is 5.82 Å². The molecule has 1 aromatic rings. The van der Waals surface area contributed by atoms with Gasteiger partial charge in [0.25, 0.3) is 0 Å². The molecule has 0 bridgehead atoms. The van der Waals surface area contributed by atoms with Crippen molar-refractivity contribution in [3.05, 3.63) is 34.1 Å². The molecule has 1 amide bonds. The van der Waals surface area contributed by atoms with E-state index in [2.05, 4.69) is 26.6 Å². The lowest BCUT2D eigenvalue weighted by Crippen LogP contribution is -2.32. The summed E-state index contributed by atoms with van der Waals surface area (Å²) in [6, 6.07) is 5.42. The number of nitrogens with one attached hydrogen (secondary N) is 2. The van der Waals surface area contributed by atoms with Crippen LogP contribution >= 0.6 is 15.9 Å². The fourth-order valence-corrected chi connectivity index (χ4v) is 2.79. The predicted octanol–water partition coefficient (Wildman–Crippen LogP) is 2.78. The van der Waals surface area contributed by atoms with Crippen LogP contribution < -0.4 is 10.6 Å². The molecule has 20 heavy (non-hydrogen) atoms. The van der Waals surface area contributed by atoms with Crippen molar-refractivity contribution in [1.29, 1.82) is 0 Å². The van der Waals surface area contributed by atoms with Crippen molar-refractivity contribution in [3.8, 4) is 0 Å². The number of carbonyl (C=O) groups excluding carboxylic acids is 1. The summed E-state index contributed by atoms with van der Waals surface area (Å²) in [6.45, 7) is 1.61. The van der Waals surface area contributed by atoms with Crippen molar-refractivity contribution in [2.75, 3.05) is 13.1 Å². The van der Waals surface area contributed by atoms with E-state index in [9.17, 15) is 9.18 Å². The molecule has 1 aliphatic heterocycles. The number of rotatable bonds is 6. The lowest BCUT2D eigenvalue weighted by Gasteiger charge is -2.10. The molecule has 1 heterocycles. The zero-order valence-electron chi connectivity index (χ0n) is 11.4. The highest BCUT2D eigenvalue weighted by Gasteiger charge is 2.17. The molecule has 2 N–H and O–H groups in total. The Balaban J connectivity index is 1.64. The van der Waals surface area contributed by atoms with Crippen LogP contribution in [0.1, 0.15) is 31.2 Å². The molecule has 0 aliphatic carbocycles. The van der Waals surface area contributed by atoms with Gasteiger partial charge in [0.05, 0.1) is 0 Å². The summed E-state index contributed by atoms with van der Waals surface area (Å²) in [5, 5.41) is 6.20. The van der Waals surface area contributed by atoms with E-state index >= 15 is 0 Å². The van der Waals surface area contributed by atoms with Gasteiger partial charge in [-0.25, -0.2) is 4.39 Å². The molecule has 1 atom stereocenters. The van der Waals surface area contributed by atoms with Gasteiger partial charge >= 0.3 is 0 Å². The molecule has 1 fully saturated rings. The zero-order chi connectivity index (χ0) is 14.4. The average molecular weight is 343 g/mol. The van der Waals surface area contributed by atoms with Crippen molar-refractivity contribution < 1.29 is 9.18 Å². The first-order valence-corrected chi connectivity index (χ1v) is 7.88. The lowest BCUT2D eigenvalue weighted by atomic mass is 10.1. The standard InChI is InChI=1S/C15H20BrFN2O/c16-12-6-5-11(14(17)9-12)3-1-8-19-15(20)10-13-4-2-7-18-13/h5-6,9,13,18H,1-4,7-8,10H2,(H,19,20). The van der Waals surface area contributed by atoms with Gasteiger partial charge in [-0.2, -0.15) is 0 Å². The Kier molecular flexibility index (Phi) is 5.98. The molecule has 3 nitrogen and oxygen atoms in total. The highest BCUT2D eigenvalue weighted by atomic mass is 79.9. The van der Waals surface area contributed by atoms with E-state index in [0.717, 1.165) is 30.3 Å². The monoisotopic (exact) mass is 342 g/mol. The van der Waals surface area contributed by atoms with Crippen LogP contribution in [0, 0.1) is 5.82 Å². The lowest BCUT2D eigenvalue weighted by molar-refractivity contribution is -0.121. The summed E-state index contributed by atoms with van der Waals surface area (Å²) in [7, 11) is 0. The van der Waals surface area contributed by atoms with Gasteiger partial charge in [-0.3, -0.25) is 4.79 Å². The van der Waals surface area contributed by atoms with Gasteiger partial charge in [-0.1, -0.05) is 22.0 Å². The molecular formula is C15H20BrFN2O. The summed E-state index contributed by atoms with van der Waals surface area (Å²) in [4.78, 5) is 11.7. The Morgan fingerprint density at radius 3 is 3.05 bits per heavy atom. The van der Waals surface area contributed by atoms with E-state index in [-0.39, 0.29) is 11.7 Å². The summed E-state index contributed by atoms with van der Waals surface area (Å²) >= 11 is 3.24. The molecule has 1 aromatic carbocycles. The third-order valence-corrected chi connectivity index (χ3v) is 4.05. The van der Waals surface area contributed by atoms with E-state index in [1.165, 1.54) is 6.07 Å². The normalized spacial score (nSPS) is 18.2. The SMILES string of the molecule is O=C(CC1CCCN1)NCCCc1ccc(Br)cc1F. The number of aryl methyl sites for hydroxylation is 1. The molecule has 1 aliphatic rings. The summed E-state index contributed by atoms with van der Waals surface area (Å²) in [6.07, 6.45) is 4.18. The summed E-state index contributed by atoms with van der Waals surface area (Å²) < 4.78 is 14.3. The zero-order valence-corrected chi connectivity index (χ0v) is 13.0. The maximum atomic E-state index is 13.6. The Hall–Kier alpha value is -0.940. The maximum Gasteiger partial charge on any atom is 0.221 e. The van der Waals surface area contributed by atoms with Crippen molar-refractivity contribution >= 4 is 21.8 Å². The van der Waals surface area contributed by atoms with Crippen LogP contribution in [0.2, 0.25) is 0 Å². The third kappa shape index (κ3) is 4.87. The molecule has 0 saturated carbocycles. The molecule has 2 rings (SSSR count). The minimum atomic E-state index is -0.194. The highest BCUT2D eigenvalue weighted by Crippen LogP contribution is 2.16. The van der Waals surface area contributed by atoms with E-state index in [1.54, 1.807) is 6.07 Å². The van der Waals surface area contributed by atoms with E-state index in [1.807, 2.05) is 6.07 Å². The third-order valence-electron chi connectivity index (χ3n) is 3.55. The second-order valence-corrected chi connectivity index (χ2v) is 6.10. The van der Waals surface area contributed by atoms with Gasteiger partial charge < -0.3 is 10.6 Å². The minimum Gasteiger partial charge on any atom is -0.356 e. The molecule has 0 aromatic heterocycles. The predicted molar refractivity (Wildman–Crippen MR) is 81.1 cm³/mol. The largest absolute Gasteiger partial charge is 0.356 e. The molecule has 110 valence electrons. The second-order valence-electron chi connectivity index (χ2n) is 5.19. The van der Waals surface area contributed by atoms with Crippen LogP contribution in [0.15, 0.2) is 22.7 Å². The maximum absolute atomic E-state index is 13.6. The van der Waals surface area contributed by atoms with Gasteiger partial charge in [0.2, 0.25) is 5.91 Å². The topological polar surface area (TPSA) is 41.1 Å². The molecule has 5 heteroatoms. The molecule has 1 saturated heterocycles. The summed E-state index contributed by atoms with van der Waals surface area (Å²) in [5.41, 5.74) is 0.694. The van der Waals surface area contributed by atoms with Gasteiger partial charge in [0, 0.05) is 23.5 Å². The van der Waals surface area contributed by atoms with Crippen LogP contribution in [-0.2, 0) is 11.2 Å². The second kappa shape index (κ2) is 7.74. The number of benzene rings is 1. The van der Waals surface area contributed by atoms with Crippen molar-refractivity contribution in [2.45, 2.75) is 38.1 Å². The average Bonchev–Trinajstić information content (AvgIpc) is 2.89.